The number of halogens is 1. The maximum Gasteiger partial charge on any atom is 0.239 e. The molecule has 0 aliphatic rings. The first-order valence-corrected chi connectivity index (χ1v) is 9.27. The highest BCUT2D eigenvalue weighted by atomic mass is 79.9. The minimum Gasteiger partial charge on any atom is -0.488 e. The fraction of sp³-hybridized carbons (Fsp3) is 0.500. The lowest BCUT2D eigenvalue weighted by Gasteiger charge is -2.13. The number of methoxy groups -OCH3 is 1. The molecule has 2 rings (SSSR count). The predicted molar refractivity (Wildman–Crippen MR) is 97.8 cm³/mol. The van der Waals surface area contributed by atoms with Gasteiger partial charge in [0.15, 0.2) is 5.13 Å². The van der Waals surface area contributed by atoms with Crippen molar-refractivity contribution in [3.05, 3.63) is 18.2 Å². The summed E-state index contributed by atoms with van der Waals surface area (Å²) in [5, 5.41) is 3.46. The van der Waals surface area contributed by atoms with Crippen LogP contribution < -0.4 is 10.1 Å². The highest BCUT2D eigenvalue weighted by molar-refractivity contribution is 9.10. The lowest BCUT2D eigenvalue weighted by Crippen LogP contribution is -2.22. The zero-order chi connectivity index (χ0) is 16.8. The van der Waals surface area contributed by atoms with Gasteiger partial charge in [0.2, 0.25) is 5.91 Å². The van der Waals surface area contributed by atoms with Crippen LogP contribution in [0.3, 0.4) is 0 Å². The molecule has 0 fully saturated rings. The molecule has 0 spiro atoms. The van der Waals surface area contributed by atoms with Crippen molar-refractivity contribution in [2.45, 2.75) is 37.6 Å². The normalized spacial score (nSPS) is 13.7. The molecule has 0 aliphatic carbocycles. The number of alkyl halides is 1. The number of anilines is 1. The Labute approximate surface area is 148 Å². The van der Waals surface area contributed by atoms with Gasteiger partial charge in [-0.15, -0.1) is 0 Å². The van der Waals surface area contributed by atoms with Crippen LogP contribution in [-0.4, -0.2) is 35.5 Å². The molecule has 0 radical (unpaired) electrons. The summed E-state index contributed by atoms with van der Waals surface area (Å²) in [5.74, 6) is 0.712. The summed E-state index contributed by atoms with van der Waals surface area (Å²) >= 11 is 4.83. The first-order chi connectivity index (χ1) is 11.0. The number of ether oxygens (including phenoxy) is 2. The topological polar surface area (TPSA) is 60.5 Å². The summed E-state index contributed by atoms with van der Waals surface area (Å²) in [6.07, 6.45) is 1.73. The third kappa shape index (κ3) is 5.16. The summed E-state index contributed by atoms with van der Waals surface area (Å²) in [7, 11) is 1.65. The van der Waals surface area contributed by atoms with Crippen LogP contribution in [0.2, 0.25) is 0 Å². The van der Waals surface area contributed by atoms with Crippen LogP contribution in [0.1, 0.15) is 26.7 Å². The van der Waals surface area contributed by atoms with E-state index >= 15 is 0 Å². The van der Waals surface area contributed by atoms with E-state index in [9.17, 15) is 4.79 Å². The molecule has 0 bridgehead atoms. The molecule has 0 aliphatic heterocycles. The second-order valence-corrected chi connectivity index (χ2v) is 7.41. The fourth-order valence-corrected chi connectivity index (χ4v) is 3.57. The Morgan fingerprint density at radius 3 is 2.96 bits per heavy atom. The van der Waals surface area contributed by atoms with Crippen LogP contribution in [0.5, 0.6) is 5.75 Å². The summed E-state index contributed by atoms with van der Waals surface area (Å²) in [6.45, 7) is 4.54. The van der Waals surface area contributed by atoms with E-state index in [2.05, 4.69) is 26.2 Å². The Hall–Kier alpha value is -1.18. The maximum atomic E-state index is 12.0. The second kappa shape index (κ2) is 8.61. The summed E-state index contributed by atoms with van der Waals surface area (Å²) in [6, 6.07) is 5.71. The SMILES string of the molecule is CCC[C@H](Br)C(=O)Nc1nc2ccc(O[C@H](C)COC)cc2s1. The number of nitrogens with zero attached hydrogens (tertiary/aromatic N) is 1. The van der Waals surface area contributed by atoms with Gasteiger partial charge in [0.1, 0.15) is 11.9 Å². The van der Waals surface area contributed by atoms with Gasteiger partial charge >= 0.3 is 0 Å². The molecule has 23 heavy (non-hydrogen) atoms. The zero-order valence-corrected chi connectivity index (χ0v) is 15.9. The van der Waals surface area contributed by atoms with Crippen molar-refractivity contribution >= 4 is 48.5 Å². The van der Waals surface area contributed by atoms with E-state index in [1.165, 1.54) is 11.3 Å². The number of carbonyl (C=O) groups excluding carboxylic acids is 1. The van der Waals surface area contributed by atoms with Gasteiger partial charge < -0.3 is 14.8 Å². The summed E-state index contributed by atoms with van der Waals surface area (Å²) < 4.78 is 11.8. The molecule has 1 amide bonds. The minimum atomic E-state index is -0.187. The molecular formula is C16H21BrN2O3S. The standard InChI is InChI=1S/C16H21BrN2O3S/c1-4-5-12(17)15(20)19-16-18-13-7-6-11(8-14(13)23-16)22-10(2)9-21-3/h6-8,10,12H,4-5,9H2,1-3H3,(H,18,19,20)/t10-,12+/m1/s1. The molecule has 1 N–H and O–H groups in total. The molecule has 0 unspecified atom stereocenters. The highest BCUT2D eigenvalue weighted by Crippen LogP contribution is 2.30. The number of fused-ring (bicyclic) bond motifs is 1. The van der Waals surface area contributed by atoms with Crippen molar-refractivity contribution in [3.8, 4) is 5.75 Å². The molecule has 126 valence electrons. The van der Waals surface area contributed by atoms with Crippen LogP contribution in [0.15, 0.2) is 18.2 Å². The van der Waals surface area contributed by atoms with Gasteiger partial charge in [-0.05, 0) is 31.5 Å². The van der Waals surface area contributed by atoms with Crippen molar-refractivity contribution < 1.29 is 14.3 Å². The van der Waals surface area contributed by atoms with Crippen LogP contribution in [-0.2, 0) is 9.53 Å². The van der Waals surface area contributed by atoms with Gasteiger partial charge in [-0.3, -0.25) is 4.79 Å². The van der Waals surface area contributed by atoms with E-state index in [0.717, 1.165) is 28.8 Å². The molecule has 1 aromatic heterocycles. The number of benzene rings is 1. The van der Waals surface area contributed by atoms with E-state index in [0.29, 0.717) is 11.7 Å². The van der Waals surface area contributed by atoms with Crippen molar-refractivity contribution in [2.75, 3.05) is 19.0 Å². The quantitative estimate of drug-likeness (QED) is 0.674. The predicted octanol–water partition coefficient (Wildman–Crippen LogP) is 4.21. The summed E-state index contributed by atoms with van der Waals surface area (Å²) in [4.78, 5) is 16.3. The van der Waals surface area contributed by atoms with Crippen LogP contribution in [0.4, 0.5) is 5.13 Å². The molecule has 0 saturated heterocycles. The van der Waals surface area contributed by atoms with Crippen LogP contribution in [0.25, 0.3) is 10.2 Å². The van der Waals surface area contributed by atoms with Crippen LogP contribution >= 0.6 is 27.3 Å². The molecular weight excluding hydrogens is 380 g/mol. The Kier molecular flexibility index (Phi) is 6.80. The van der Waals surface area contributed by atoms with Crippen molar-refractivity contribution in [2.24, 2.45) is 0 Å². The Bertz CT molecular complexity index is 662. The molecule has 0 saturated carbocycles. The molecule has 2 atom stereocenters. The Morgan fingerprint density at radius 2 is 2.26 bits per heavy atom. The van der Waals surface area contributed by atoms with Gasteiger partial charge in [-0.2, -0.15) is 0 Å². The third-order valence-corrected chi connectivity index (χ3v) is 4.96. The number of amides is 1. The van der Waals surface area contributed by atoms with E-state index < -0.39 is 0 Å². The zero-order valence-electron chi connectivity index (χ0n) is 13.5. The lowest BCUT2D eigenvalue weighted by molar-refractivity contribution is -0.115. The Morgan fingerprint density at radius 1 is 1.48 bits per heavy atom. The number of hydrogen-bond donors (Lipinski definition) is 1. The van der Waals surface area contributed by atoms with Crippen LogP contribution in [0, 0.1) is 0 Å². The van der Waals surface area contributed by atoms with E-state index in [1.54, 1.807) is 7.11 Å². The monoisotopic (exact) mass is 400 g/mol. The lowest BCUT2D eigenvalue weighted by atomic mass is 10.2. The minimum absolute atomic E-state index is 0.0206. The number of hydrogen-bond acceptors (Lipinski definition) is 5. The van der Waals surface area contributed by atoms with Gasteiger partial charge in [-0.25, -0.2) is 4.98 Å². The third-order valence-electron chi connectivity index (χ3n) is 3.16. The van der Waals surface area contributed by atoms with Gasteiger partial charge in [0.05, 0.1) is 21.7 Å². The number of rotatable bonds is 8. The number of nitrogens with one attached hydrogen (secondary N) is 1. The second-order valence-electron chi connectivity index (χ2n) is 5.28. The van der Waals surface area contributed by atoms with E-state index in [4.69, 9.17) is 9.47 Å². The first kappa shape index (κ1) is 18.2. The molecule has 5 nitrogen and oxygen atoms in total. The fourth-order valence-electron chi connectivity index (χ4n) is 2.10. The van der Waals surface area contributed by atoms with E-state index in [-0.39, 0.29) is 16.8 Å². The average Bonchev–Trinajstić information content (AvgIpc) is 2.89. The smallest absolute Gasteiger partial charge is 0.239 e. The number of carbonyl (C=O) groups is 1. The van der Waals surface area contributed by atoms with Crippen molar-refractivity contribution in [1.29, 1.82) is 0 Å². The molecule has 2 aromatic rings. The number of aromatic nitrogens is 1. The summed E-state index contributed by atoms with van der Waals surface area (Å²) in [5.41, 5.74) is 0.846. The molecule has 7 heteroatoms. The average molecular weight is 401 g/mol. The van der Waals surface area contributed by atoms with Crippen molar-refractivity contribution in [3.63, 3.8) is 0 Å². The van der Waals surface area contributed by atoms with Gasteiger partial charge in [-0.1, -0.05) is 40.6 Å². The van der Waals surface area contributed by atoms with Gasteiger partial charge in [0, 0.05) is 7.11 Å². The maximum absolute atomic E-state index is 12.0. The first-order valence-electron chi connectivity index (χ1n) is 7.54. The highest BCUT2D eigenvalue weighted by Gasteiger charge is 2.16. The Balaban J connectivity index is 2.08. The van der Waals surface area contributed by atoms with Gasteiger partial charge in [0.25, 0.3) is 0 Å². The largest absolute Gasteiger partial charge is 0.488 e. The number of thiazole rings is 1. The molecule has 1 aromatic carbocycles. The molecule has 1 heterocycles. The van der Waals surface area contributed by atoms with Crippen molar-refractivity contribution in [1.82, 2.24) is 4.98 Å². The van der Waals surface area contributed by atoms with E-state index in [1.807, 2.05) is 32.0 Å².